The molecule has 0 saturated heterocycles. The number of aryl methyl sites for hydroxylation is 1. The molecule has 0 aliphatic heterocycles. The Morgan fingerprint density at radius 1 is 1.13 bits per heavy atom. The van der Waals surface area contributed by atoms with Crippen LogP contribution in [0.15, 0.2) is 28.6 Å². The van der Waals surface area contributed by atoms with Gasteiger partial charge in [-0.2, -0.15) is 15.0 Å². The number of rotatable bonds is 5. The lowest BCUT2D eigenvalue weighted by atomic mass is 10.2. The number of hydrogen-bond acceptors (Lipinski definition) is 10. The van der Waals surface area contributed by atoms with Crippen LogP contribution in [0.25, 0.3) is 0 Å². The summed E-state index contributed by atoms with van der Waals surface area (Å²) in [5.41, 5.74) is 13.2. The van der Waals surface area contributed by atoms with Crippen LogP contribution in [0, 0.1) is 6.92 Å². The molecule has 118 valence electrons. The topological polar surface area (TPSA) is 129 Å². The predicted octanol–water partition coefficient (Wildman–Crippen LogP) is 2.23. The van der Waals surface area contributed by atoms with Gasteiger partial charge in [-0.25, -0.2) is 0 Å². The maximum absolute atomic E-state index is 5.54. The Labute approximate surface area is 140 Å². The predicted molar refractivity (Wildman–Crippen MR) is 92.6 cm³/mol. The molecule has 0 bridgehead atoms. The molecule has 1 aromatic carbocycles. The normalized spacial score (nSPS) is 10.7. The standard InChI is InChI=1S/C13H14N8S2/c1-7-3-2-4-8(5-7)16-12-20-21-13(23-12)22-6-9-17-10(14)19-11(15)18-9/h2-5H,6H2,1H3,(H,16,20)(H4,14,15,17,18,19). The Balaban J connectivity index is 1.63. The molecule has 0 saturated carbocycles. The number of nitrogens with one attached hydrogen (secondary N) is 1. The van der Waals surface area contributed by atoms with E-state index in [2.05, 4.69) is 30.5 Å². The molecule has 0 spiro atoms. The summed E-state index contributed by atoms with van der Waals surface area (Å²) < 4.78 is 0.803. The second-order valence-electron chi connectivity index (χ2n) is 4.62. The Bertz CT molecular complexity index is 799. The van der Waals surface area contributed by atoms with Crippen molar-refractivity contribution in [3.63, 3.8) is 0 Å². The molecule has 0 aliphatic rings. The van der Waals surface area contributed by atoms with Crippen molar-refractivity contribution in [2.24, 2.45) is 0 Å². The van der Waals surface area contributed by atoms with Crippen LogP contribution in [-0.4, -0.2) is 25.1 Å². The second-order valence-corrected chi connectivity index (χ2v) is 6.82. The number of thioether (sulfide) groups is 1. The maximum atomic E-state index is 5.54. The summed E-state index contributed by atoms with van der Waals surface area (Å²) >= 11 is 2.92. The molecule has 0 amide bonds. The Morgan fingerprint density at radius 3 is 2.65 bits per heavy atom. The van der Waals surface area contributed by atoms with E-state index in [1.54, 1.807) is 0 Å². The number of benzene rings is 1. The first kappa shape index (κ1) is 15.4. The average Bonchev–Trinajstić information content (AvgIpc) is 2.92. The van der Waals surface area contributed by atoms with Gasteiger partial charge in [0.2, 0.25) is 17.0 Å². The lowest BCUT2D eigenvalue weighted by molar-refractivity contribution is 0.980. The van der Waals surface area contributed by atoms with E-state index in [0.29, 0.717) is 11.6 Å². The highest BCUT2D eigenvalue weighted by molar-refractivity contribution is 8.00. The minimum absolute atomic E-state index is 0.118. The number of aromatic nitrogens is 5. The van der Waals surface area contributed by atoms with Crippen LogP contribution in [0.3, 0.4) is 0 Å². The quantitative estimate of drug-likeness (QED) is 0.595. The van der Waals surface area contributed by atoms with Crippen LogP contribution >= 0.6 is 23.1 Å². The molecule has 0 atom stereocenters. The van der Waals surface area contributed by atoms with Gasteiger partial charge >= 0.3 is 0 Å². The monoisotopic (exact) mass is 346 g/mol. The van der Waals surface area contributed by atoms with E-state index in [-0.39, 0.29) is 11.9 Å². The summed E-state index contributed by atoms with van der Waals surface area (Å²) in [6, 6.07) is 8.06. The highest BCUT2D eigenvalue weighted by atomic mass is 32.2. The molecule has 10 heteroatoms. The molecule has 3 rings (SSSR count). The zero-order chi connectivity index (χ0) is 16.2. The summed E-state index contributed by atoms with van der Waals surface area (Å²) in [5.74, 6) is 1.25. The Hall–Kier alpha value is -2.46. The van der Waals surface area contributed by atoms with E-state index in [1.807, 2.05) is 31.2 Å². The molecular formula is C13H14N8S2. The lowest BCUT2D eigenvalue weighted by Crippen LogP contribution is -2.05. The molecule has 0 radical (unpaired) electrons. The maximum Gasteiger partial charge on any atom is 0.225 e. The smallest absolute Gasteiger partial charge is 0.225 e. The van der Waals surface area contributed by atoms with Crippen molar-refractivity contribution in [3.8, 4) is 0 Å². The molecule has 3 aromatic rings. The highest BCUT2D eigenvalue weighted by Gasteiger charge is 2.08. The molecule has 2 heterocycles. The molecule has 23 heavy (non-hydrogen) atoms. The summed E-state index contributed by atoms with van der Waals surface area (Å²) in [4.78, 5) is 11.8. The van der Waals surface area contributed by atoms with Gasteiger partial charge in [0.05, 0.1) is 5.75 Å². The lowest BCUT2D eigenvalue weighted by Gasteiger charge is -2.02. The van der Waals surface area contributed by atoms with E-state index in [1.165, 1.54) is 28.7 Å². The van der Waals surface area contributed by atoms with Gasteiger partial charge in [-0.15, -0.1) is 10.2 Å². The van der Waals surface area contributed by atoms with E-state index in [4.69, 9.17) is 11.5 Å². The molecule has 5 N–H and O–H groups in total. The first-order chi connectivity index (χ1) is 11.1. The Morgan fingerprint density at radius 2 is 1.91 bits per heavy atom. The molecule has 0 fully saturated rings. The van der Waals surface area contributed by atoms with Crippen molar-refractivity contribution in [1.29, 1.82) is 0 Å². The van der Waals surface area contributed by atoms with Crippen molar-refractivity contribution in [2.45, 2.75) is 17.0 Å². The number of nitrogens with zero attached hydrogens (tertiary/aromatic N) is 5. The highest BCUT2D eigenvalue weighted by Crippen LogP contribution is 2.29. The third-order valence-electron chi connectivity index (χ3n) is 2.72. The van der Waals surface area contributed by atoms with E-state index >= 15 is 0 Å². The van der Waals surface area contributed by atoms with E-state index < -0.39 is 0 Å². The summed E-state index contributed by atoms with van der Waals surface area (Å²) in [6.07, 6.45) is 0. The fourth-order valence-electron chi connectivity index (χ4n) is 1.81. The van der Waals surface area contributed by atoms with Crippen LogP contribution in [0.1, 0.15) is 11.4 Å². The zero-order valence-corrected chi connectivity index (χ0v) is 13.9. The molecule has 2 aromatic heterocycles. The van der Waals surface area contributed by atoms with Crippen molar-refractivity contribution in [3.05, 3.63) is 35.7 Å². The fraction of sp³-hybridized carbons (Fsp3) is 0.154. The minimum atomic E-state index is 0.118. The van der Waals surface area contributed by atoms with Gasteiger partial charge in [0.25, 0.3) is 0 Å². The number of hydrogen-bond donors (Lipinski definition) is 3. The Kier molecular flexibility index (Phi) is 4.53. The number of nitrogen functional groups attached to an aromatic ring is 2. The number of nitrogens with two attached hydrogens (primary N) is 2. The van der Waals surface area contributed by atoms with Gasteiger partial charge in [-0.3, -0.25) is 0 Å². The van der Waals surface area contributed by atoms with Crippen LogP contribution in [0.2, 0.25) is 0 Å². The van der Waals surface area contributed by atoms with Gasteiger partial charge in [0, 0.05) is 5.69 Å². The molecule has 0 aliphatic carbocycles. The third-order valence-corrected chi connectivity index (χ3v) is 4.68. The average molecular weight is 346 g/mol. The first-order valence-corrected chi connectivity index (χ1v) is 8.44. The summed E-state index contributed by atoms with van der Waals surface area (Å²) in [7, 11) is 0. The van der Waals surface area contributed by atoms with E-state index in [0.717, 1.165) is 15.2 Å². The first-order valence-electron chi connectivity index (χ1n) is 6.64. The van der Waals surface area contributed by atoms with E-state index in [9.17, 15) is 0 Å². The SMILES string of the molecule is Cc1cccc(Nc2nnc(SCc3nc(N)nc(N)n3)s2)c1. The minimum Gasteiger partial charge on any atom is -0.368 e. The van der Waals surface area contributed by atoms with Crippen LogP contribution in [0.4, 0.5) is 22.7 Å². The van der Waals surface area contributed by atoms with Crippen molar-refractivity contribution < 1.29 is 0 Å². The second kappa shape index (κ2) is 6.75. The zero-order valence-electron chi connectivity index (χ0n) is 12.2. The van der Waals surface area contributed by atoms with Gasteiger partial charge < -0.3 is 16.8 Å². The molecular weight excluding hydrogens is 332 g/mol. The third kappa shape index (κ3) is 4.27. The van der Waals surface area contributed by atoms with Gasteiger partial charge in [-0.1, -0.05) is 35.2 Å². The largest absolute Gasteiger partial charge is 0.368 e. The van der Waals surface area contributed by atoms with Crippen LogP contribution < -0.4 is 16.8 Å². The van der Waals surface area contributed by atoms with Crippen molar-refractivity contribution in [1.82, 2.24) is 25.1 Å². The van der Waals surface area contributed by atoms with Crippen molar-refractivity contribution in [2.75, 3.05) is 16.8 Å². The van der Waals surface area contributed by atoms with Gasteiger partial charge in [0.15, 0.2) is 4.34 Å². The van der Waals surface area contributed by atoms with Crippen LogP contribution in [0.5, 0.6) is 0 Å². The van der Waals surface area contributed by atoms with Gasteiger partial charge in [0.1, 0.15) is 5.82 Å². The summed E-state index contributed by atoms with van der Waals surface area (Å²) in [6.45, 7) is 2.04. The van der Waals surface area contributed by atoms with Crippen LogP contribution in [-0.2, 0) is 5.75 Å². The molecule has 8 nitrogen and oxygen atoms in total. The fourth-order valence-corrected chi connectivity index (χ4v) is 3.44. The summed E-state index contributed by atoms with van der Waals surface area (Å²) in [5, 5.41) is 12.2. The van der Waals surface area contributed by atoms with Gasteiger partial charge in [-0.05, 0) is 24.6 Å². The number of anilines is 4. The molecule has 0 unspecified atom stereocenters. The van der Waals surface area contributed by atoms with Crippen molar-refractivity contribution >= 4 is 45.8 Å².